The van der Waals surface area contributed by atoms with E-state index >= 15 is 0 Å². The van der Waals surface area contributed by atoms with Crippen LogP contribution in [0.5, 0.6) is 0 Å². The number of hydrogen-bond donors (Lipinski definition) is 1. The van der Waals surface area contributed by atoms with Crippen LogP contribution in [0.25, 0.3) is 0 Å². The standard InChI is InChI=1S/C14H15BrN2O3S/c15-11-2-5-13(6-3-11)21(19,20)9-1-8-17-10-12(16)4-7-14(17)18/h2-7,10H,1,8-9,16H2. The van der Waals surface area contributed by atoms with Crippen molar-refractivity contribution in [3.05, 3.63) is 57.4 Å². The van der Waals surface area contributed by atoms with Crippen LogP contribution in [0, 0.1) is 0 Å². The molecule has 1 aromatic heterocycles. The Bertz CT molecular complexity index is 783. The number of nitrogens with zero attached hydrogens (tertiary/aromatic N) is 1. The van der Waals surface area contributed by atoms with Crippen molar-refractivity contribution in [1.82, 2.24) is 4.57 Å². The molecule has 0 bridgehead atoms. The van der Waals surface area contributed by atoms with Crippen LogP contribution in [-0.4, -0.2) is 18.7 Å². The van der Waals surface area contributed by atoms with Crippen molar-refractivity contribution in [2.24, 2.45) is 0 Å². The van der Waals surface area contributed by atoms with Gasteiger partial charge in [0.25, 0.3) is 5.56 Å². The predicted molar refractivity (Wildman–Crippen MR) is 85.9 cm³/mol. The first kappa shape index (κ1) is 15.8. The van der Waals surface area contributed by atoms with Gasteiger partial charge in [-0.25, -0.2) is 8.42 Å². The number of anilines is 1. The first-order valence-corrected chi connectivity index (χ1v) is 8.77. The number of aryl methyl sites for hydroxylation is 1. The van der Waals surface area contributed by atoms with E-state index in [4.69, 9.17) is 5.73 Å². The molecule has 112 valence electrons. The Balaban J connectivity index is 2.04. The van der Waals surface area contributed by atoms with Crippen LogP contribution in [0.3, 0.4) is 0 Å². The van der Waals surface area contributed by atoms with E-state index in [9.17, 15) is 13.2 Å². The number of nitrogens with two attached hydrogens (primary N) is 1. The second-order valence-electron chi connectivity index (χ2n) is 4.62. The lowest BCUT2D eigenvalue weighted by atomic mass is 10.4. The van der Waals surface area contributed by atoms with Crippen LogP contribution in [0.2, 0.25) is 0 Å². The molecule has 2 aromatic rings. The fourth-order valence-corrected chi connectivity index (χ4v) is 3.47. The minimum Gasteiger partial charge on any atom is -0.398 e. The molecular weight excluding hydrogens is 356 g/mol. The van der Waals surface area contributed by atoms with E-state index in [0.717, 1.165) is 4.47 Å². The van der Waals surface area contributed by atoms with Crippen molar-refractivity contribution < 1.29 is 8.42 Å². The highest BCUT2D eigenvalue weighted by molar-refractivity contribution is 9.10. The maximum Gasteiger partial charge on any atom is 0.250 e. The lowest BCUT2D eigenvalue weighted by molar-refractivity contribution is 0.584. The minimum absolute atomic E-state index is 0.0180. The maximum atomic E-state index is 12.2. The smallest absolute Gasteiger partial charge is 0.250 e. The van der Waals surface area contributed by atoms with Gasteiger partial charge in [0, 0.05) is 29.0 Å². The summed E-state index contributed by atoms with van der Waals surface area (Å²) in [5.74, 6) is -0.0180. The van der Waals surface area contributed by atoms with Gasteiger partial charge in [0.15, 0.2) is 9.84 Å². The predicted octanol–water partition coefficient (Wildman–Crippen LogP) is 2.06. The first-order valence-electron chi connectivity index (χ1n) is 6.33. The third-order valence-electron chi connectivity index (χ3n) is 2.99. The number of aromatic nitrogens is 1. The molecule has 0 aliphatic rings. The quantitative estimate of drug-likeness (QED) is 0.872. The average Bonchev–Trinajstić information content (AvgIpc) is 2.43. The Morgan fingerprint density at radius 1 is 1.10 bits per heavy atom. The lowest BCUT2D eigenvalue weighted by Crippen LogP contribution is -2.20. The molecule has 0 radical (unpaired) electrons. The molecule has 0 saturated carbocycles. The molecule has 0 atom stereocenters. The van der Waals surface area contributed by atoms with Crippen molar-refractivity contribution in [3.8, 4) is 0 Å². The molecule has 1 heterocycles. The third-order valence-corrected chi connectivity index (χ3v) is 5.34. The van der Waals surface area contributed by atoms with Gasteiger partial charge in [-0.05, 0) is 36.8 Å². The Morgan fingerprint density at radius 3 is 2.43 bits per heavy atom. The van der Waals surface area contributed by atoms with Crippen LogP contribution in [0.15, 0.2) is 56.8 Å². The van der Waals surface area contributed by atoms with Gasteiger partial charge in [-0.3, -0.25) is 4.79 Å². The fraction of sp³-hybridized carbons (Fsp3) is 0.214. The van der Waals surface area contributed by atoms with E-state index in [-0.39, 0.29) is 16.2 Å². The fourth-order valence-electron chi connectivity index (χ4n) is 1.91. The molecule has 5 nitrogen and oxygen atoms in total. The number of pyridine rings is 1. The SMILES string of the molecule is Nc1ccc(=O)n(CCCS(=O)(=O)c2ccc(Br)cc2)c1. The van der Waals surface area contributed by atoms with E-state index < -0.39 is 9.84 Å². The third kappa shape index (κ3) is 4.18. The number of rotatable bonds is 5. The van der Waals surface area contributed by atoms with E-state index in [1.165, 1.54) is 22.9 Å². The molecular formula is C14H15BrN2O3S. The molecule has 0 spiro atoms. The second-order valence-corrected chi connectivity index (χ2v) is 7.65. The van der Waals surface area contributed by atoms with Crippen LogP contribution in [0.1, 0.15) is 6.42 Å². The van der Waals surface area contributed by atoms with Gasteiger partial charge in [-0.2, -0.15) is 0 Å². The summed E-state index contributed by atoms with van der Waals surface area (Å²) in [4.78, 5) is 11.9. The van der Waals surface area contributed by atoms with Crippen LogP contribution >= 0.6 is 15.9 Å². The highest BCUT2D eigenvalue weighted by Crippen LogP contribution is 2.16. The summed E-state index contributed by atoms with van der Waals surface area (Å²) >= 11 is 3.27. The number of hydrogen-bond acceptors (Lipinski definition) is 4. The van der Waals surface area contributed by atoms with Gasteiger partial charge >= 0.3 is 0 Å². The molecule has 0 unspecified atom stereocenters. The lowest BCUT2D eigenvalue weighted by Gasteiger charge is -2.07. The molecule has 0 aliphatic carbocycles. The zero-order chi connectivity index (χ0) is 15.5. The van der Waals surface area contributed by atoms with E-state index in [1.807, 2.05) is 0 Å². The molecule has 2 N–H and O–H groups in total. The van der Waals surface area contributed by atoms with Gasteiger partial charge in [-0.1, -0.05) is 15.9 Å². The molecule has 0 saturated heterocycles. The normalized spacial score (nSPS) is 11.5. The average molecular weight is 371 g/mol. The van der Waals surface area contributed by atoms with Crippen LogP contribution < -0.4 is 11.3 Å². The summed E-state index contributed by atoms with van der Waals surface area (Å²) in [6, 6.07) is 9.40. The number of nitrogen functional groups attached to an aromatic ring is 1. The van der Waals surface area contributed by atoms with Crippen molar-refractivity contribution in [1.29, 1.82) is 0 Å². The van der Waals surface area contributed by atoms with Gasteiger partial charge in [0.2, 0.25) is 0 Å². The van der Waals surface area contributed by atoms with E-state index in [1.54, 1.807) is 24.3 Å². The monoisotopic (exact) mass is 370 g/mol. The maximum absolute atomic E-state index is 12.2. The molecule has 2 rings (SSSR count). The highest BCUT2D eigenvalue weighted by Gasteiger charge is 2.13. The molecule has 0 amide bonds. The highest BCUT2D eigenvalue weighted by atomic mass is 79.9. The molecule has 0 aliphatic heterocycles. The molecule has 7 heteroatoms. The van der Waals surface area contributed by atoms with Gasteiger partial charge < -0.3 is 10.3 Å². The molecule has 1 aromatic carbocycles. The van der Waals surface area contributed by atoms with Gasteiger partial charge in [0.05, 0.1) is 10.6 Å². The number of sulfone groups is 1. The largest absolute Gasteiger partial charge is 0.398 e. The first-order chi connectivity index (χ1) is 9.88. The molecule has 21 heavy (non-hydrogen) atoms. The Labute approximate surface area is 131 Å². The number of halogens is 1. The van der Waals surface area contributed by atoms with E-state index in [2.05, 4.69) is 15.9 Å². The van der Waals surface area contributed by atoms with Crippen molar-refractivity contribution in [3.63, 3.8) is 0 Å². The zero-order valence-corrected chi connectivity index (χ0v) is 13.6. The van der Waals surface area contributed by atoms with Crippen molar-refractivity contribution in [2.45, 2.75) is 17.9 Å². The Kier molecular flexibility index (Phi) is 4.84. The summed E-state index contributed by atoms with van der Waals surface area (Å²) in [7, 11) is -3.34. The minimum atomic E-state index is -3.34. The summed E-state index contributed by atoms with van der Waals surface area (Å²) < 4.78 is 26.6. The topological polar surface area (TPSA) is 82.2 Å². The van der Waals surface area contributed by atoms with Gasteiger partial charge in [0.1, 0.15) is 0 Å². The van der Waals surface area contributed by atoms with Crippen LogP contribution in [0.4, 0.5) is 5.69 Å². The Hall–Kier alpha value is -1.60. The molecule has 0 fully saturated rings. The number of benzene rings is 1. The Morgan fingerprint density at radius 2 is 1.76 bits per heavy atom. The summed E-state index contributed by atoms with van der Waals surface area (Å²) in [5, 5.41) is 0. The van der Waals surface area contributed by atoms with Crippen LogP contribution in [-0.2, 0) is 16.4 Å². The van der Waals surface area contributed by atoms with Crippen molar-refractivity contribution >= 4 is 31.5 Å². The summed E-state index contributed by atoms with van der Waals surface area (Å²) in [6.07, 6.45) is 1.87. The van der Waals surface area contributed by atoms with Crippen molar-refractivity contribution in [2.75, 3.05) is 11.5 Å². The van der Waals surface area contributed by atoms with Gasteiger partial charge in [-0.15, -0.1) is 0 Å². The zero-order valence-electron chi connectivity index (χ0n) is 11.2. The summed E-state index contributed by atoms with van der Waals surface area (Å²) in [5.41, 5.74) is 5.90. The second kappa shape index (κ2) is 6.44. The summed E-state index contributed by atoms with van der Waals surface area (Å²) in [6.45, 7) is 0.319. The van der Waals surface area contributed by atoms with E-state index in [0.29, 0.717) is 18.7 Å².